The molecule has 1 aromatic heterocycles. The van der Waals surface area contributed by atoms with Crippen LogP contribution in [0.3, 0.4) is 0 Å². The van der Waals surface area contributed by atoms with Crippen LogP contribution >= 0.6 is 0 Å². The molecular weight excluding hydrogens is 342 g/mol. The smallest absolute Gasteiger partial charge is 0.273 e. The lowest BCUT2D eigenvalue weighted by atomic mass is 10.1. The van der Waals surface area contributed by atoms with Gasteiger partial charge in [0.2, 0.25) is 5.89 Å². The highest BCUT2D eigenvalue weighted by Crippen LogP contribution is 2.18. The number of aromatic hydroxyl groups is 1. The summed E-state index contributed by atoms with van der Waals surface area (Å²) in [6.07, 6.45) is 10.3. The van der Waals surface area contributed by atoms with Crippen LogP contribution in [0, 0.1) is 0 Å². The molecule has 27 heavy (non-hydrogen) atoms. The summed E-state index contributed by atoms with van der Waals surface area (Å²) in [5.74, 6) is 0.320. The van der Waals surface area contributed by atoms with Crippen LogP contribution in [0.4, 0.5) is 0 Å². The average Bonchev–Trinajstić information content (AvgIpc) is 3.16. The third-order valence-corrected chi connectivity index (χ3v) is 4.53. The average molecular weight is 373 g/mol. The Morgan fingerprint density at radius 1 is 1.15 bits per heavy atom. The van der Waals surface area contributed by atoms with Crippen molar-refractivity contribution in [3.63, 3.8) is 0 Å². The van der Waals surface area contributed by atoms with Gasteiger partial charge in [-0.25, -0.2) is 4.98 Å². The number of nitrogens with zero attached hydrogens (tertiary/aromatic N) is 1. The predicted octanol–water partition coefficient (Wildman–Crippen LogP) is 4.10. The number of phenols is 1. The van der Waals surface area contributed by atoms with Gasteiger partial charge < -0.3 is 20.6 Å². The molecule has 0 aliphatic carbocycles. The molecule has 6 nitrogen and oxygen atoms in total. The molecule has 2 rings (SSSR count). The molecule has 148 valence electrons. The zero-order valence-corrected chi connectivity index (χ0v) is 16.1. The summed E-state index contributed by atoms with van der Waals surface area (Å²) in [7, 11) is 0. The van der Waals surface area contributed by atoms with Gasteiger partial charge in [0.05, 0.1) is 6.04 Å². The van der Waals surface area contributed by atoms with Crippen LogP contribution in [0.15, 0.2) is 34.9 Å². The highest BCUT2D eigenvalue weighted by atomic mass is 16.3. The number of nitrogens with one attached hydrogen (secondary N) is 1. The maximum absolute atomic E-state index is 12.1. The van der Waals surface area contributed by atoms with Crippen LogP contribution < -0.4 is 11.1 Å². The van der Waals surface area contributed by atoms with Gasteiger partial charge in [-0.1, -0.05) is 57.6 Å². The lowest BCUT2D eigenvalue weighted by Gasteiger charge is -2.07. The Labute approximate surface area is 161 Å². The second-order valence-electron chi connectivity index (χ2n) is 6.93. The molecule has 0 fully saturated rings. The van der Waals surface area contributed by atoms with E-state index in [1.54, 1.807) is 24.3 Å². The number of hydrogen-bond donors (Lipinski definition) is 3. The van der Waals surface area contributed by atoms with E-state index < -0.39 is 6.04 Å². The van der Waals surface area contributed by atoms with Gasteiger partial charge in [0.15, 0.2) is 5.69 Å². The van der Waals surface area contributed by atoms with Gasteiger partial charge in [0, 0.05) is 6.54 Å². The fraction of sp³-hybridized carbons (Fsp3) is 0.524. The van der Waals surface area contributed by atoms with Crippen molar-refractivity contribution in [2.75, 3.05) is 6.54 Å². The Bertz CT molecular complexity index is 682. The molecule has 6 heteroatoms. The van der Waals surface area contributed by atoms with Crippen molar-refractivity contribution >= 4 is 5.91 Å². The zero-order valence-electron chi connectivity index (χ0n) is 16.1. The van der Waals surface area contributed by atoms with E-state index in [1.807, 2.05) is 0 Å². The highest BCUT2D eigenvalue weighted by molar-refractivity contribution is 5.91. The van der Waals surface area contributed by atoms with Crippen LogP contribution in [0.2, 0.25) is 0 Å². The van der Waals surface area contributed by atoms with Gasteiger partial charge in [-0.05, 0) is 30.5 Å². The minimum absolute atomic E-state index is 0.211. The molecule has 0 aliphatic rings. The third kappa shape index (κ3) is 7.43. The van der Waals surface area contributed by atoms with E-state index in [9.17, 15) is 9.90 Å². The quantitative estimate of drug-likeness (QED) is 0.486. The number of rotatable bonds is 12. The first kappa shape index (κ1) is 21.0. The van der Waals surface area contributed by atoms with E-state index in [2.05, 4.69) is 17.2 Å². The molecule has 1 unspecified atom stereocenters. The summed E-state index contributed by atoms with van der Waals surface area (Å²) in [4.78, 5) is 16.4. The first-order valence-corrected chi connectivity index (χ1v) is 9.87. The van der Waals surface area contributed by atoms with Crippen LogP contribution in [0.25, 0.3) is 0 Å². The molecule has 0 bridgehead atoms. The maximum Gasteiger partial charge on any atom is 0.273 e. The number of hydrogen-bond acceptors (Lipinski definition) is 5. The van der Waals surface area contributed by atoms with Crippen molar-refractivity contribution in [3.05, 3.63) is 47.7 Å². The monoisotopic (exact) mass is 373 g/mol. The fourth-order valence-electron chi connectivity index (χ4n) is 2.91. The normalized spacial score (nSPS) is 12.1. The van der Waals surface area contributed by atoms with Gasteiger partial charge in [-0.3, -0.25) is 4.79 Å². The van der Waals surface area contributed by atoms with Crippen LogP contribution in [0.5, 0.6) is 5.75 Å². The first-order valence-electron chi connectivity index (χ1n) is 9.87. The van der Waals surface area contributed by atoms with Crippen LogP contribution in [-0.4, -0.2) is 22.5 Å². The van der Waals surface area contributed by atoms with Crippen molar-refractivity contribution in [1.82, 2.24) is 10.3 Å². The number of oxazole rings is 1. The molecule has 0 saturated carbocycles. The summed E-state index contributed by atoms with van der Waals surface area (Å²) in [6, 6.07) is 6.38. The maximum atomic E-state index is 12.1. The molecule has 2 aromatic rings. The molecule has 0 spiro atoms. The molecule has 1 atom stereocenters. The summed E-state index contributed by atoms with van der Waals surface area (Å²) in [5.41, 5.74) is 7.34. The van der Waals surface area contributed by atoms with Crippen LogP contribution in [-0.2, 0) is 6.42 Å². The van der Waals surface area contributed by atoms with Gasteiger partial charge in [-0.2, -0.15) is 0 Å². The van der Waals surface area contributed by atoms with Gasteiger partial charge >= 0.3 is 0 Å². The standard InChI is InChI=1S/C21H31N3O3/c1-2-3-4-5-6-7-8-13-23-20(26)19-15-27-21(24-19)18(22)14-16-9-11-17(25)12-10-16/h9-12,15,18,25H,2-8,13-14,22H2,1H3,(H,23,26). The van der Waals surface area contributed by atoms with E-state index >= 15 is 0 Å². The van der Waals surface area contributed by atoms with E-state index in [0.29, 0.717) is 18.9 Å². The largest absolute Gasteiger partial charge is 0.508 e. The Balaban J connectivity index is 1.70. The number of aromatic nitrogens is 1. The summed E-state index contributed by atoms with van der Waals surface area (Å²) >= 11 is 0. The van der Waals surface area contributed by atoms with E-state index in [1.165, 1.54) is 38.4 Å². The molecule has 1 amide bonds. The van der Waals surface area contributed by atoms with Gasteiger partial charge in [-0.15, -0.1) is 0 Å². The lowest BCUT2D eigenvalue weighted by molar-refractivity contribution is 0.0948. The summed E-state index contributed by atoms with van der Waals surface area (Å²) in [6.45, 7) is 2.86. The van der Waals surface area contributed by atoms with Crippen molar-refractivity contribution in [2.45, 2.75) is 64.3 Å². The number of unbranched alkanes of at least 4 members (excludes halogenated alkanes) is 6. The summed E-state index contributed by atoms with van der Waals surface area (Å²) in [5, 5.41) is 12.2. The Morgan fingerprint density at radius 2 is 1.81 bits per heavy atom. The Kier molecular flexibility index (Phi) is 8.84. The number of nitrogens with two attached hydrogens (primary N) is 1. The Hall–Kier alpha value is -2.34. The molecule has 1 aromatic carbocycles. The van der Waals surface area contributed by atoms with Crippen molar-refractivity contribution in [2.24, 2.45) is 5.73 Å². The number of phenolic OH excluding ortho intramolecular Hbond substituents is 1. The third-order valence-electron chi connectivity index (χ3n) is 4.53. The second kappa shape index (κ2) is 11.4. The van der Waals surface area contributed by atoms with Crippen molar-refractivity contribution in [3.8, 4) is 5.75 Å². The highest BCUT2D eigenvalue weighted by Gasteiger charge is 2.17. The second-order valence-corrected chi connectivity index (χ2v) is 6.93. The van der Waals surface area contributed by atoms with Gasteiger partial charge in [0.25, 0.3) is 5.91 Å². The minimum Gasteiger partial charge on any atom is -0.508 e. The number of carbonyl (C=O) groups excluding carboxylic acids is 1. The predicted molar refractivity (Wildman–Crippen MR) is 106 cm³/mol. The first-order chi connectivity index (χ1) is 13.1. The van der Waals surface area contributed by atoms with Crippen molar-refractivity contribution in [1.29, 1.82) is 0 Å². The molecule has 1 heterocycles. The fourth-order valence-corrected chi connectivity index (χ4v) is 2.91. The minimum atomic E-state index is -0.445. The molecule has 0 radical (unpaired) electrons. The molecule has 0 aliphatic heterocycles. The molecule has 4 N–H and O–H groups in total. The zero-order chi connectivity index (χ0) is 19.5. The summed E-state index contributed by atoms with van der Waals surface area (Å²) < 4.78 is 5.38. The number of carbonyl (C=O) groups is 1. The van der Waals surface area contributed by atoms with E-state index in [-0.39, 0.29) is 17.4 Å². The number of benzene rings is 1. The van der Waals surface area contributed by atoms with E-state index in [4.69, 9.17) is 10.2 Å². The van der Waals surface area contributed by atoms with E-state index in [0.717, 1.165) is 18.4 Å². The number of amides is 1. The van der Waals surface area contributed by atoms with Crippen LogP contribution in [0.1, 0.15) is 79.9 Å². The SMILES string of the molecule is CCCCCCCCCNC(=O)c1coc(C(N)Cc2ccc(O)cc2)n1. The Morgan fingerprint density at radius 3 is 2.52 bits per heavy atom. The van der Waals surface area contributed by atoms with Gasteiger partial charge in [0.1, 0.15) is 12.0 Å². The molecule has 0 saturated heterocycles. The lowest BCUT2D eigenvalue weighted by Crippen LogP contribution is -2.25. The molecular formula is C21H31N3O3. The topological polar surface area (TPSA) is 101 Å². The van der Waals surface area contributed by atoms with Crippen molar-refractivity contribution < 1.29 is 14.3 Å².